The van der Waals surface area contributed by atoms with Crippen LogP contribution in [0, 0.1) is 0 Å². The summed E-state index contributed by atoms with van der Waals surface area (Å²) < 4.78 is 0. The minimum absolute atomic E-state index is 0.293. The van der Waals surface area contributed by atoms with Crippen LogP contribution in [0.15, 0.2) is 0 Å². The van der Waals surface area contributed by atoms with Crippen molar-refractivity contribution in [3.8, 4) is 0 Å². The summed E-state index contributed by atoms with van der Waals surface area (Å²) in [5, 5.41) is 3.47. The molecule has 0 bridgehead atoms. The number of nitrogen functional groups attached to an aromatic ring is 1. The second-order valence-electron chi connectivity index (χ2n) is 5.77. The van der Waals surface area contributed by atoms with Gasteiger partial charge in [-0.1, -0.05) is 6.92 Å². The molecule has 1 aliphatic heterocycles. The van der Waals surface area contributed by atoms with Crippen LogP contribution in [0.25, 0.3) is 0 Å². The lowest BCUT2D eigenvalue weighted by molar-refractivity contribution is 0.154. The number of nitrogens with two attached hydrogens (primary N) is 1. The molecule has 1 saturated heterocycles. The highest BCUT2D eigenvalue weighted by Crippen LogP contribution is 2.15. The number of anilines is 2. The molecule has 0 saturated carbocycles. The van der Waals surface area contributed by atoms with Crippen LogP contribution in [0.4, 0.5) is 11.9 Å². The Labute approximate surface area is 127 Å². The van der Waals surface area contributed by atoms with Crippen LogP contribution in [0.1, 0.15) is 32.0 Å². The highest BCUT2D eigenvalue weighted by Gasteiger charge is 2.21. The predicted molar refractivity (Wildman–Crippen MR) is 85.2 cm³/mol. The summed E-state index contributed by atoms with van der Waals surface area (Å²) in [7, 11) is 3.82. The average molecular weight is 293 g/mol. The molecule has 1 unspecified atom stereocenters. The van der Waals surface area contributed by atoms with E-state index in [0.717, 1.165) is 38.4 Å². The number of nitrogens with one attached hydrogen (secondary N) is 1. The van der Waals surface area contributed by atoms with Crippen LogP contribution in [-0.2, 0) is 6.54 Å². The summed E-state index contributed by atoms with van der Waals surface area (Å²) in [5.41, 5.74) is 5.81. The van der Waals surface area contributed by atoms with Crippen molar-refractivity contribution in [1.29, 1.82) is 0 Å². The highest BCUT2D eigenvalue weighted by atomic mass is 15.3. The van der Waals surface area contributed by atoms with E-state index in [1.807, 2.05) is 19.0 Å². The Morgan fingerprint density at radius 1 is 1.29 bits per heavy atom. The van der Waals surface area contributed by atoms with Crippen LogP contribution < -0.4 is 16.0 Å². The van der Waals surface area contributed by atoms with Gasteiger partial charge in [0.25, 0.3) is 0 Å². The van der Waals surface area contributed by atoms with Gasteiger partial charge in [-0.2, -0.15) is 15.0 Å². The molecule has 21 heavy (non-hydrogen) atoms. The fourth-order valence-electron chi connectivity index (χ4n) is 2.70. The monoisotopic (exact) mass is 293 g/mol. The molecule has 2 rings (SSSR count). The van der Waals surface area contributed by atoms with Gasteiger partial charge in [0.15, 0.2) is 0 Å². The van der Waals surface area contributed by atoms with E-state index < -0.39 is 0 Å². The molecule has 7 heteroatoms. The van der Waals surface area contributed by atoms with E-state index in [9.17, 15) is 0 Å². The topological polar surface area (TPSA) is 83.2 Å². The molecule has 2 heterocycles. The number of hydrogen-bond acceptors (Lipinski definition) is 7. The molecule has 1 aromatic rings. The third-order valence-corrected chi connectivity index (χ3v) is 3.73. The second kappa shape index (κ2) is 7.51. The van der Waals surface area contributed by atoms with Crippen LogP contribution >= 0.6 is 0 Å². The molecule has 0 spiro atoms. The Hall–Kier alpha value is -1.47. The van der Waals surface area contributed by atoms with Gasteiger partial charge in [0.1, 0.15) is 5.82 Å². The van der Waals surface area contributed by atoms with E-state index in [1.165, 1.54) is 12.8 Å². The Balaban J connectivity index is 2.11. The van der Waals surface area contributed by atoms with E-state index in [4.69, 9.17) is 5.73 Å². The van der Waals surface area contributed by atoms with Gasteiger partial charge in [-0.25, -0.2) is 0 Å². The van der Waals surface area contributed by atoms with E-state index >= 15 is 0 Å². The quantitative estimate of drug-likeness (QED) is 0.789. The van der Waals surface area contributed by atoms with E-state index in [1.54, 1.807) is 0 Å². The van der Waals surface area contributed by atoms with Gasteiger partial charge in [0.2, 0.25) is 11.9 Å². The standard InChI is InChI=1S/C14H27N7/c1-4-8-21(11-6-5-7-16-9-11)10-12-17-13(15)19-14(18-12)20(2)3/h11,16H,4-10H2,1-3H3,(H2,15,17,18,19). The Kier molecular flexibility index (Phi) is 5.69. The molecular weight excluding hydrogens is 266 g/mol. The zero-order chi connectivity index (χ0) is 15.2. The van der Waals surface area contributed by atoms with Crippen molar-refractivity contribution < 1.29 is 0 Å². The van der Waals surface area contributed by atoms with Gasteiger partial charge in [0.05, 0.1) is 6.54 Å². The Morgan fingerprint density at radius 2 is 2.10 bits per heavy atom. The van der Waals surface area contributed by atoms with Crippen LogP contribution in [0.3, 0.4) is 0 Å². The maximum absolute atomic E-state index is 5.81. The molecule has 1 aliphatic rings. The molecule has 118 valence electrons. The van der Waals surface area contributed by atoms with Crippen molar-refractivity contribution in [2.45, 2.75) is 38.8 Å². The maximum Gasteiger partial charge on any atom is 0.229 e. The van der Waals surface area contributed by atoms with Crippen molar-refractivity contribution in [3.05, 3.63) is 5.82 Å². The molecule has 0 amide bonds. The van der Waals surface area contributed by atoms with E-state index in [0.29, 0.717) is 17.9 Å². The minimum atomic E-state index is 0.293. The summed E-state index contributed by atoms with van der Waals surface area (Å²) in [6.45, 7) is 6.15. The molecule has 0 aromatic carbocycles. The first-order valence-corrected chi connectivity index (χ1v) is 7.72. The smallest absolute Gasteiger partial charge is 0.229 e. The summed E-state index contributed by atoms with van der Waals surface area (Å²) in [5.74, 6) is 1.67. The van der Waals surface area contributed by atoms with Crippen LogP contribution in [0.2, 0.25) is 0 Å². The Morgan fingerprint density at radius 3 is 2.71 bits per heavy atom. The molecule has 0 aliphatic carbocycles. The van der Waals surface area contributed by atoms with Crippen molar-refractivity contribution in [1.82, 2.24) is 25.2 Å². The van der Waals surface area contributed by atoms with E-state index in [-0.39, 0.29) is 0 Å². The number of piperidine rings is 1. The second-order valence-corrected chi connectivity index (χ2v) is 5.77. The van der Waals surface area contributed by atoms with E-state index in [2.05, 4.69) is 32.1 Å². The van der Waals surface area contributed by atoms with Gasteiger partial charge >= 0.3 is 0 Å². The summed E-state index contributed by atoms with van der Waals surface area (Å²) >= 11 is 0. The molecule has 3 N–H and O–H groups in total. The fraction of sp³-hybridized carbons (Fsp3) is 0.786. The van der Waals surface area contributed by atoms with Crippen molar-refractivity contribution in [3.63, 3.8) is 0 Å². The first-order valence-electron chi connectivity index (χ1n) is 7.72. The number of aromatic nitrogens is 3. The first-order chi connectivity index (χ1) is 10.1. The SMILES string of the molecule is CCCN(Cc1nc(N)nc(N(C)C)n1)C1CCCNC1. The van der Waals surface area contributed by atoms with Gasteiger partial charge in [0, 0.05) is 26.7 Å². The zero-order valence-electron chi connectivity index (χ0n) is 13.3. The maximum atomic E-state index is 5.81. The van der Waals surface area contributed by atoms with Crippen molar-refractivity contribution >= 4 is 11.9 Å². The fourth-order valence-corrected chi connectivity index (χ4v) is 2.70. The lowest BCUT2D eigenvalue weighted by Crippen LogP contribution is -2.46. The van der Waals surface area contributed by atoms with Crippen molar-refractivity contribution in [2.24, 2.45) is 0 Å². The van der Waals surface area contributed by atoms with Gasteiger partial charge < -0.3 is 16.0 Å². The lowest BCUT2D eigenvalue weighted by atomic mass is 10.1. The molecule has 1 fully saturated rings. The van der Waals surface area contributed by atoms with Crippen LogP contribution in [-0.4, -0.2) is 59.6 Å². The third-order valence-electron chi connectivity index (χ3n) is 3.73. The predicted octanol–water partition coefficient (Wildman–Crippen LogP) is 0.484. The summed E-state index contributed by atoms with van der Waals surface area (Å²) in [6.07, 6.45) is 3.58. The largest absolute Gasteiger partial charge is 0.368 e. The normalized spacial score (nSPS) is 19.0. The molecule has 0 radical (unpaired) electrons. The average Bonchev–Trinajstić information content (AvgIpc) is 2.47. The highest BCUT2D eigenvalue weighted by molar-refractivity contribution is 5.32. The Bertz CT molecular complexity index is 443. The summed E-state index contributed by atoms with van der Waals surface area (Å²) in [4.78, 5) is 17.3. The minimum Gasteiger partial charge on any atom is -0.368 e. The van der Waals surface area contributed by atoms with Crippen molar-refractivity contribution in [2.75, 3.05) is 44.4 Å². The number of hydrogen-bond donors (Lipinski definition) is 2. The van der Waals surface area contributed by atoms with Gasteiger partial charge in [-0.3, -0.25) is 4.90 Å². The molecule has 7 nitrogen and oxygen atoms in total. The zero-order valence-corrected chi connectivity index (χ0v) is 13.3. The first kappa shape index (κ1) is 15.9. The molecule has 1 aromatic heterocycles. The lowest BCUT2D eigenvalue weighted by Gasteiger charge is -2.34. The molecular formula is C14H27N7. The molecule has 1 atom stereocenters. The van der Waals surface area contributed by atoms with Gasteiger partial charge in [-0.05, 0) is 32.4 Å². The third kappa shape index (κ3) is 4.50. The number of nitrogens with zero attached hydrogens (tertiary/aromatic N) is 5. The number of rotatable bonds is 6. The van der Waals surface area contributed by atoms with Gasteiger partial charge in [-0.15, -0.1) is 0 Å². The van der Waals surface area contributed by atoms with Crippen LogP contribution in [0.5, 0.6) is 0 Å². The summed E-state index contributed by atoms with van der Waals surface area (Å²) in [6, 6.07) is 0.555.